The Morgan fingerprint density at radius 1 is 1.52 bits per heavy atom. The number of rotatable bonds is 5. The van der Waals surface area contributed by atoms with Crippen LogP contribution in [0.25, 0.3) is 0 Å². The number of non-ortho nitro benzene ring substituents is 1. The number of hydrogen-bond donors (Lipinski definition) is 1. The third-order valence-corrected chi connectivity index (χ3v) is 2.76. The minimum atomic E-state index is -0.548. The lowest BCUT2D eigenvalue weighted by Crippen LogP contribution is -2.20. The molecule has 108 valence electrons. The van der Waals surface area contributed by atoms with Crippen molar-refractivity contribution in [2.45, 2.75) is 13.5 Å². The lowest BCUT2D eigenvalue weighted by Gasteiger charge is -2.06. The summed E-state index contributed by atoms with van der Waals surface area (Å²) in [6, 6.07) is 5.59. The highest BCUT2D eigenvalue weighted by Crippen LogP contribution is 2.17. The van der Waals surface area contributed by atoms with Gasteiger partial charge in [-0.1, -0.05) is 11.3 Å². The third-order valence-electron chi connectivity index (χ3n) is 2.76. The normalized spacial score (nSPS) is 10.1. The van der Waals surface area contributed by atoms with E-state index in [-0.39, 0.29) is 17.9 Å². The maximum Gasteiger partial charge on any atom is 0.271 e. The van der Waals surface area contributed by atoms with Crippen molar-refractivity contribution >= 4 is 23.6 Å². The van der Waals surface area contributed by atoms with Crippen molar-refractivity contribution in [2.24, 2.45) is 0 Å². The largest absolute Gasteiger partial charge is 0.324 e. The molecule has 1 amide bonds. The van der Waals surface area contributed by atoms with Gasteiger partial charge in [0.25, 0.3) is 5.69 Å². The number of nitrogens with one attached hydrogen (secondary N) is 1. The molecular formula is C12H11N5O4. The summed E-state index contributed by atoms with van der Waals surface area (Å²) in [6.07, 6.45) is 0.553. The molecule has 2 aromatic rings. The van der Waals surface area contributed by atoms with E-state index < -0.39 is 10.8 Å². The van der Waals surface area contributed by atoms with Crippen molar-refractivity contribution in [3.63, 3.8) is 0 Å². The summed E-state index contributed by atoms with van der Waals surface area (Å²) in [5, 5.41) is 20.5. The zero-order valence-electron chi connectivity index (χ0n) is 11.0. The van der Waals surface area contributed by atoms with E-state index in [2.05, 4.69) is 15.6 Å². The van der Waals surface area contributed by atoms with Crippen molar-refractivity contribution in [3.05, 3.63) is 45.8 Å². The number of nitro groups is 1. The van der Waals surface area contributed by atoms with Gasteiger partial charge in [0.15, 0.2) is 6.29 Å². The molecule has 0 saturated heterocycles. The van der Waals surface area contributed by atoms with E-state index in [0.29, 0.717) is 17.7 Å². The van der Waals surface area contributed by atoms with Crippen LogP contribution in [-0.2, 0) is 11.3 Å². The summed E-state index contributed by atoms with van der Waals surface area (Å²) in [6.45, 7) is 1.47. The smallest absolute Gasteiger partial charge is 0.271 e. The molecule has 2 rings (SSSR count). The quantitative estimate of drug-likeness (QED) is 0.497. The van der Waals surface area contributed by atoms with Crippen LogP contribution in [0.5, 0.6) is 0 Å². The molecule has 9 nitrogen and oxygen atoms in total. The van der Waals surface area contributed by atoms with Crippen molar-refractivity contribution in [1.29, 1.82) is 0 Å². The molecule has 0 aliphatic heterocycles. The summed E-state index contributed by atoms with van der Waals surface area (Å²) in [5.41, 5.74) is 0.827. The Bertz CT molecular complexity index is 709. The summed E-state index contributed by atoms with van der Waals surface area (Å²) in [7, 11) is 0. The zero-order chi connectivity index (χ0) is 15.4. The number of carbonyl (C=O) groups is 2. The number of anilines is 1. The van der Waals surface area contributed by atoms with E-state index in [1.807, 2.05) is 0 Å². The number of aldehydes is 1. The second kappa shape index (κ2) is 5.90. The van der Waals surface area contributed by atoms with Crippen molar-refractivity contribution in [1.82, 2.24) is 15.0 Å². The Hall–Kier alpha value is -3.10. The predicted octanol–water partition coefficient (Wildman–Crippen LogP) is 0.946. The van der Waals surface area contributed by atoms with Gasteiger partial charge in [0, 0.05) is 17.8 Å². The van der Waals surface area contributed by atoms with E-state index in [9.17, 15) is 19.7 Å². The fraction of sp³-hybridized carbons (Fsp3) is 0.167. The van der Waals surface area contributed by atoms with Gasteiger partial charge in [0.05, 0.1) is 10.6 Å². The van der Waals surface area contributed by atoms with Gasteiger partial charge in [0.2, 0.25) is 5.91 Å². The maximum absolute atomic E-state index is 11.9. The molecule has 0 saturated carbocycles. The van der Waals surface area contributed by atoms with Crippen LogP contribution in [0.3, 0.4) is 0 Å². The Labute approximate surface area is 118 Å². The van der Waals surface area contributed by atoms with Crippen LogP contribution in [0.4, 0.5) is 11.4 Å². The van der Waals surface area contributed by atoms with E-state index in [1.54, 1.807) is 6.92 Å². The molecule has 0 unspecified atom stereocenters. The minimum absolute atomic E-state index is 0.118. The fourth-order valence-electron chi connectivity index (χ4n) is 1.67. The highest BCUT2D eigenvalue weighted by Gasteiger charge is 2.12. The summed E-state index contributed by atoms with van der Waals surface area (Å²) in [4.78, 5) is 32.6. The van der Waals surface area contributed by atoms with Crippen molar-refractivity contribution < 1.29 is 14.5 Å². The number of benzene rings is 1. The molecule has 9 heteroatoms. The van der Waals surface area contributed by atoms with E-state index in [4.69, 9.17) is 0 Å². The van der Waals surface area contributed by atoms with Crippen LogP contribution in [0.1, 0.15) is 16.2 Å². The molecular weight excluding hydrogens is 278 g/mol. The lowest BCUT2D eigenvalue weighted by molar-refractivity contribution is -0.384. The number of carbonyl (C=O) groups excluding carboxylic acids is 2. The second-order valence-corrected chi connectivity index (χ2v) is 4.19. The highest BCUT2D eigenvalue weighted by atomic mass is 16.6. The summed E-state index contributed by atoms with van der Waals surface area (Å²) >= 11 is 0. The number of amides is 1. The van der Waals surface area contributed by atoms with Gasteiger partial charge in [-0.2, -0.15) is 0 Å². The Balaban J connectivity index is 2.08. The Kier molecular flexibility index (Phi) is 4.02. The fourth-order valence-corrected chi connectivity index (χ4v) is 1.67. The van der Waals surface area contributed by atoms with E-state index in [1.165, 1.54) is 28.9 Å². The maximum atomic E-state index is 11.9. The average molecular weight is 289 g/mol. The monoisotopic (exact) mass is 289 g/mol. The molecule has 1 heterocycles. The van der Waals surface area contributed by atoms with Gasteiger partial charge in [0.1, 0.15) is 12.2 Å². The average Bonchev–Trinajstić information content (AvgIpc) is 2.79. The SMILES string of the molecule is Cc1c(C=O)nnn1CC(=O)Nc1cccc([N+](=O)[O-])c1. The zero-order valence-corrected chi connectivity index (χ0v) is 11.0. The number of nitrogens with zero attached hydrogens (tertiary/aromatic N) is 4. The molecule has 1 aromatic carbocycles. The molecule has 0 aliphatic carbocycles. The molecule has 1 N–H and O–H groups in total. The number of nitro benzene ring substituents is 1. The van der Waals surface area contributed by atoms with Crippen molar-refractivity contribution in [3.8, 4) is 0 Å². The van der Waals surface area contributed by atoms with Crippen molar-refractivity contribution in [2.75, 3.05) is 5.32 Å². The molecule has 21 heavy (non-hydrogen) atoms. The van der Waals surface area contributed by atoms with Crippen LogP contribution in [0, 0.1) is 17.0 Å². The Morgan fingerprint density at radius 2 is 2.29 bits per heavy atom. The first kappa shape index (κ1) is 14.3. The molecule has 0 atom stereocenters. The van der Waals surface area contributed by atoms with Gasteiger partial charge in [-0.3, -0.25) is 19.7 Å². The molecule has 0 aliphatic rings. The first-order valence-corrected chi connectivity index (χ1v) is 5.91. The minimum Gasteiger partial charge on any atom is -0.324 e. The van der Waals surface area contributed by atoms with Gasteiger partial charge < -0.3 is 5.32 Å². The van der Waals surface area contributed by atoms with Gasteiger partial charge in [-0.05, 0) is 13.0 Å². The molecule has 0 bridgehead atoms. The number of hydrogen-bond acceptors (Lipinski definition) is 6. The first-order chi connectivity index (χ1) is 10.0. The van der Waals surface area contributed by atoms with Gasteiger partial charge >= 0.3 is 0 Å². The van der Waals surface area contributed by atoms with Crippen LogP contribution < -0.4 is 5.32 Å². The predicted molar refractivity (Wildman–Crippen MR) is 71.9 cm³/mol. The van der Waals surface area contributed by atoms with E-state index >= 15 is 0 Å². The number of aromatic nitrogens is 3. The third kappa shape index (κ3) is 3.26. The highest BCUT2D eigenvalue weighted by molar-refractivity contribution is 5.91. The molecule has 1 aromatic heterocycles. The van der Waals surface area contributed by atoms with Crippen LogP contribution in [0.15, 0.2) is 24.3 Å². The standard InChI is InChI=1S/C12H11N5O4/c1-8-11(7-18)14-15-16(8)6-12(19)13-9-3-2-4-10(5-9)17(20)21/h2-5,7H,6H2,1H3,(H,13,19). The van der Waals surface area contributed by atoms with Crippen LogP contribution >= 0.6 is 0 Å². The second-order valence-electron chi connectivity index (χ2n) is 4.19. The van der Waals surface area contributed by atoms with Crippen LogP contribution in [-0.4, -0.2) is 32.1 Å². The van der Waals surface area contributed by atoms with E-state index in [0.717, 1.165) is 0 Å². The Morgan fingerprint density at radius 3 is 2.90 bits per heavy atom. The lowest BCUT2D eigenvalue weighted by atomic mass is 10.3. The van der Waals surface area contributed by atoms with Crippen LogP contribution in [0.2, 0.25) is 0 Å². The van der Waals surface area contributed by atoms with Gasteiger partial charge in [-0.25, -0.2) is 4.68 Å². The van der Waals surface area contributed by atoms with Gasteiger partial charge in [-0.15, -0.1) is 5.10 Å². The first-order valence-electron chi connectivity index (χ1n) is 5.91. The summed E-state index contributed by atoms with van der Waals surface area (Å²) < 4.78 is 1.27. The topological polar surface area (TPSA) is 120 Å². The summed E-state index contributed by atoms with van der Waals surface area (Å²) in [5.74, 6) is -0.430. The molecule has 0 radical (unpaired) electrons. The molecule has 0 fully saturated rings. The molecule has 0 spiro atoms.